The van der Waals surface area contributed by atoms with E-state index in [0.29, 0.717) is 23.7 Å². The highest BCUT2D eigenvalue weighted by molar-refractivity contribution is 7.99. The number of halogens is 1. The molecule has 9 heteroatoms. The molecule has 150 valence electrons. The molecule has 1 saturated heterocycles. The van der Waals surface area contributed by atoms with Crippen molar-refractivity contribution in [2.24, 2.45) is 5.73 Å². The normalized spacial score (nSPS) is 14.9. The van der Waals surface area contributed by atoms with Crippen LogP contribution in [0, 0.1) is 5.82 Å². The van der Waals surface area contributed by atoms with Gasteiger partial charge >= 0.3 is 0 Å². The Morgan fingerprint density at radius 3 is 2.57 bits per heavy atom. The predicted molar refractivity (Wildman–Crippen MR) is 106 cm³/mol. The summed E-state index contributed by atoms with van der Waals surface area (Å²) in [6, 6.07) is 10.5. The molecule has 0 atom stereocenters. The third-order valence-electron chi connectivity index (χ3n) is 4.35. The highest BCUT2D eigenvalue weighted by atomic mass is 32.2. The van der Waals surface area contributed by atoms with Crippen molar-refractivity contribution in [1.82, 2.24) is 4.31 Å². The number of sulfonamides is 1. The second-order valence-electron chi connectivity index (χ2n) is 6.26. The molecular weight excluding hydrogens is 403 g/mol. The molecular formula is C19H21FN2O4S2. The molecule has 1 aliphatic heterocycles. The van der Waals surface area contributed by atoms with Crippen LogP contribution in [0.15, 0.2) is 52.3 Å². The average molecular weight is 425 g/mol. The number of rotatable bonds is 8. The van der Waals surface area contributed by atoms with Gasteiger partial charge in [-0.2, -0.15) is 4.31 Å². The van der Waals surface area contributed by atoms with Crippen molar-refractivity contribution in [3.8, 4) is 5.75 Å². The molecule has 0 aliphatic carbocycles. The van der Waals surface area contributed by atoms with Crippen LogP contribution in [-0.2, 0) is 10.0 Å². The van der Waals surface area contributed by atoms with E-state index in [1.807, 2.05) is 0 Å². The molecule has 0 aromatic heterocycles. The fourth-order valence-electron chi connectivity index (χ4n) is 2.93. The minimum atomic E-state index is -3.65. The standard InChI is InChI=1S/C19H21FN2O4S2/c20-16-5-1-2-6-18(16)27-12-11-26-17-8-7-14(13-15(17)19(21)23)28(24,25)22-9-3-4-10-22/h1-2,5-8,13H,3-4,9-12H2,(H2,21,23). The van der Waals surface area contributed by atoms with Crippen LogP contribution in [0.25, 0.3) is 0 Å². The van der Waals surface area contributed by atoms with Gasteiger partial charge in [0.25, 0.3) is 5.91 Å². The molecule has 0 saturated carbocycles. The average Bonchev–Trinajstić information content (AvgIpc) is 3.22. The molecule has 1 amide bonds. The highest BCUT2D eigenvalue weighted by Gasteiger charge is 2.28. The van der Waals surface area contributed by atoms with Crippen LogP contribution in [0.2, 0.25) is 0 Å². The van der Waals surface area contributed by atoms with Gasteiger partial charge in [-0.25, -0.2) is 12.8 Å². The first-order chi connectivity index (χ1) is 13.4. The highest BCUT2D eigenvalue weighted by Crippen LogP contribution is 2.27. The third-order valence-corrected chi connectivity index (χ3v) is 7.26. The number of amides is 1. The molecule has 0 radical (unpaired) electrons. The van der Waals surface area contributed by atoms with Gasteiger partial charge in [-0.05, 0) is 43.2 Å². The number of ether oxygens (including phenoxy) is 1. The predicted octanol–water partition coefficient (Wildman–Crippen LogP) is 2.88. The Bertz CT molecular complexity index is 960. The number of hydrogen-bond acceptors (Lipinski definition) is 5. The van der Waals surface area contributed by atoms with E-state index in [2.05, 4.69) is 0 Å². The number of benzene rings is 2. The zero-order valence-corrected chi connectivity index (χ0v) is 16.8. The Kier molecular flexibility index (Phi) is 6.58. The first kappa shape index (κ1) is 20.6. The van der Waals surface area contributed by atoms with Crippen molar-refractivity contribution < 1.29 is 22.3 Å². The topological polar surface area (TPSA) is 89.7 Å². The molecule has 1 aliphatic rings. The molecule has 0 spiro atoms. The maximum atomic E-state index is 13.6. The maximum Gasteiger partial charge on any atom is 0.252 e. The number of primary amides is 1. The fraction of sp³-hybridized carbons (Fsp3) is 0.316. The summed E-state index contributed by atoms with van der Waals surface area (Å²) in [4.78, 5) is 12.3. The molecule has 1 heterocycles. The van der Waals surface area contributed by atoms with Gasteiger partial charge in [-0.1, -0.05) is 12.1 Å². The Morgan fingerprint density at radius 1 is 1.18 bits per heavy atom. The van der Waals surface area contributed by atoms with Crippen LogP contribution in [0.4, 0.5) is 4.39 Å². The molecule has 0 bridgehead atoms. The number of thioether (sulfide) groups is 1. The summed E-state index contributed by atoms with van der Waals surface area (Å²) >= 11 is 1.29. The van der Waals surface area contributed by atoms with E-state index in [0.717, 1.165) is 12.8 Å². The quantitative estimate of drug-likeness (QED) is 0.520. The lowest BCUT2D eigenvalue weighted by Crippen LogP contribution is -2.28. The van der Waals surface area contributed by atoms with E-state index < -0.39 is 15.9 Å². The van der Waals surface area contributed by atoms with Crippen LogP contribution >= 0.6 is 11.8 Å². The van der Waals surface area contributed by atoms with Gasteiger partial charge in [0.1, 0.15) is 11.6 Å². The number of nitrogens with zero attached hydrogens (tertiary/aromatic N) is 1. The van der Waals surface area contributed by atoms with Crippen LogP contribution in [0.1, 0.15) is 23.2 Å². The number of carbonyl (C=O) groups is 1. The third kappa shape index (κ3) is 4.65. The summed E-state index contributed by atoms with van der Waals surface area (Å²) in [7, 11) is -3.65. The number of carbonyl (C=O) groups excluding carboxylic acids is 1. The van der Waals surface area contributed by atoms with Gasteiger partial charge in [0.2, 0.25) is 10.0 Å². The minimum Gasteiger partial charge on any atom is -0.492 e. The second-order valence-corrected chi connectivity index (χ2v) is 9.34. The van der Waals surface area contributed by atoms with E-state index in [1.165, 1.54) is 40.3 Å². The molecule has 2 aromatic carbocycles. The zero-order chi connectivity index (χ0) is 20.1. The van der Waals surface area contributed by atoms with Crippen LogP contribution < -0.4 is 10.5 Å². The molecule has 28 heavy (non-hydrogen) atoms. The van der Waals surface area contributed by atoms with E-state index in [1.54, 1.807) is 18.2 Å². The van der Waals surface area contributed by atoms with Crippen molar-refractivity contribution in [2.75, 3.05) is 25.4 Å². The first-order valence-electron chi connectivity index (χ1n) is 8.84. The molecule has 2 N–H and O–H groups in total. The summed E-state index contributed by atoms with van der Waals surface area (Å²) in [5.74, 6) is -0.411. The molecule has 3 rings (SSSR count). The Morgan fingerprint density at radius 2 is 1.89 bits per heavy atom. The van der Waals surface area contributed by atoms with Crippen LogP contribution in [0.5, 0.6) is 5.75 Å². The van der Waals surface area contributed by atoms with Crippen molar-refractivity contribution in [2.45, 2.75) is 22.6 Å². The molecule has 6 nitrogen and oxygen atoms in total. The van der Waals surface area contributed by atoms with Gasteiger partial charge in [-0.15, -0.1) is 11.8 Å². The van der Waals surface area contributed by atoms with E-state index >= 15 is 0 Å². The van der Waals surface area contributed by atoms with Gasteiger partial charge in [-0.3, -0.25) is 4.79 Å². The zero-order valence-electron chi connectivity index (χ0n) is 15.1. The van der Waals surface area contributed by atoms with Crippen LogP contribution in [-0.4, -0.2) is 44.1 Å². The molecule has 1 fully saturated rings. The summed E-state index contributed by atoms with van der Waals surface area (Å²) in [6.45, 7) is 1.15. The lowest BCUT2D eigenvalue weighted by atomic mass is 10.2. The van der Waals surface area contributed by atoms with E-state index in [-0.39, 0.29) is 28.6 Å². The van der Waals surface area contributed by atoms with E-state index in [4.69, 9.17) is 10.5 Å². The number of nitrogens with two attached hydrogens (primary N) is 1. The smallest absolute Gasteiger partial charge is 0.252 e. The van der Waals surface area contributed by atoms with Gasteiger partial charge in [0.05, 0.1) is 17.1 Å². The Labute approximate surface area is 167 Å². The Hall–Kier alpha value is -2.10. The second kappa shape index (κ2) is 8.93. The molecule has 0 unspecified atom stereocenters. The van der Waals surface area contributed by atoms with Crippen molar-refractivity contribution in [3.05, 3.63) is 53.8 Å². The minimum absolute atomic E-state index is 0.0103. The van der Waals surface area contributed by atoms with Crippen molar-refractivity contribution in [1.29, 1.82) is 0 Å². The first-order valence-corrected chi connectivity index (χ1v) is 11.3. The maximum absolute atomic E-state index is 13.6. The Balaban J connectivity index is 1.69. The molecule has 2 aromatic rings. The van der Waals surface area contributed by atoms with Crippen LogP contribution in [0.3, 0.4) is 0 Å². The van der Waals surface area contributed by atoms with Crippen molar-refractivity contribution in [3.63, 3.8) is 0 Å². The lowest BCUT2D eigenvalue weighted by Gasteiger charge is -2.17. The summed E-state index contributed by atoms with van der Waals surface area (Å²) in [6.07, 6.45) is 1.64. The lowest BCUT2D eigenvalue weighted by molar-refractivity contribution is 0.0996. The summed E-state index contributed by atoms with van der Waals surface area (Å²) < 4.78 is 45.9. The fourth-order valence-corrected chi connectivity index (χ4v) is 5.24. The SMILES string of the molecule is NC(=O)c1cc(S(=O)(=O)N2CCCC2)ccc1OCCSc1ccccc1F. The van der Waals surface area contributed by atoms with Gasteiger partial charge in [0.15, 0.2) is 0 Å². The number of hydrogen-bond donors (Lipinski definition) is 1. The summed E-state index contributed by atoms with van der Waals surface area (Å²) in [5.41, 5.74) is 5.42. The summed E-state index contributed by atoms with van der Waals surface area (Å²) in [5, 5.41) is 0. The van der Waals surface area contributed by atoms with Gasteiger partial charge in [0, 0.05) is 23.7 Å². The monoisotopic (exact) mass is 424 g/mol. The van der Waals surface area contributed by atoms with Crippen molar-refractivity contribution >= 4 is 27.7 Å². The van der Waals surface area contributed by atoms with E-state index in [9.17, 15) is 17.6 Å². The largest absolute Gasteiger partial charge is 0.492 e. The van der Waals surface area contributed by atoms with Gasteiger partial charge < -0.3 is 10.5 Å².